The summed E-state index contributed by atoms with van der Waals surface area (Å²) in [7, 11) is 0. The first-order chi connectivity index (χ1) is 12.1. The van der Waals surface area contributed by atoms with Crippen molar-refractivity contribution in [2.45, 2.75) is 19.4 Å². The lowest BCUT2D eigenvalue weighted by Crippen LogP contribution is -2.14. The molecule has 1 aliphatic rings. The molecule has 2 aromatic heterocycles. The SMILES string of the molecule is N#Cc1ccc2c(c3c(n2Cc2cccc(F)n2)C[C]C3)c1C(N)=O. The van der Waals surface area contributed by atoms with Gasteiger partial charge in [-0.2, -0.15) is 9.65 Å². The summed E-state index contributed by atoms with van der Waals surface area (Å²) >= 11 is 0. The molecule has 0 bridgehead atoms. The molecule has 6 heteroatoms. The van der Waals surface area contributed by atoms with Crippen molar-refractivity contribution in [2.75, 3.05) is 0 Å². The highest BCUT2D eigenvalue weighted by molar-refractivity contribution is 6.10. The topological polar surface area (TPSA) is 84.7 Å². The van der Waals surface area contributed by atoms with Crippen LogP contribution in [0, 0.1) is 23.7 Å². The van der Waals surface area contributed by atoms with E-state index in [2.05, 4.69) is 11.4 Å². The summed E-state index contributed by atoms with van der Waals surface area (Å²) in [5.74, 6) is -1.16. The van der Waals surface area contributed by atoms with Crippen LogP contribution in [0.1, 0.15) is 32.9 Å². The summed E-state index contributed by atoms with van der Waals surface area (Å²) < 4.78 is 15.4. The van der Waals surface area contributed by atoms with E-state index in [0.717, 1.165) is 16.8 Å². The monoisotopic (exact) mass is 332 g/mol. The molecule has 0 fully saturated rings. The van der Waals surface area contributed by atoms with Gasteiger partial charge in [0, 0.05) is 16.6 Å². The Morgan fingerprint density at radius 3 is 2.92 bits per heavy atom. The van der Waals surface area contributed by atoms with Gasteiger partial charge in [-0.15, -0.1) is 0 Å². The summed E-state index contributed by atoms with van der Waals surface area (Å²) in [6.45, 7) is 0.370. The second-order valence-corrected chi connectivity index (χ2v) is 5.92. The number of benzene rings is 1. The number of nitrogens with two attached hydrogens (primary N) is 1. The number of carbonyl (C=O) groups excluding carboxylic acids is 1. The Bertz CT molecular complexity index is 1060. The molecule has 122 valence electrons. The van der Waals surface area contributed by atoms with Gasteiger partial charge in [-0.05, 0) is 49.1 Å². The van der Waals surface area contributed by atoms with Gasteiger partial charge in [0.05, 0.1) is 29.4 Å². The Hall–Kier alpha value is -3.20. The van der Waals surface area contributed by atoms with E-state index >= 15 is 0 Å². The highest BCUT2D eigenvalue weighted by atomic mass is 19.1. The van der Waals surface area contributed by atoms with Gasteiger partial charge in [-0.3, -0.25) is 4.79 Å². The fourth-order valence-corrected chi connectivity index (χ4v) is 3.50. The van der Waals surface area contributed by atoms with Crippen LogP contribution in [0.5, 0.6) is 0 Å². The number of primary amides is 1. The maximum atomic E-state index is 13.4. The van der Waals surface area contributed by atoms with Crippen LogP contribution >= 0.6 is 0 Å². The number of nitrogens with zero attached hydrogens (tertiary/aromatic N) is 3. The Morgan fingerprint density at radius 2 is 2.20 bits per heavy atom. The quantitative estimate of drug-likeness (QED) is 0.747. The van der Waals surface area contributed by atoms with Crippen LogP contribution < -0.4 is 5.73 Å². The van der Waals surface area contributed by atoms with E-state index in [0.29, 0.717) is 30.5 Å². The van der Waals surface area contributed by atoms with Crippen LogP contribution in [-0.2, 0) is 19.4 Å². The lowest BCUT2D eigenvalue weighted by Gasteiger charge is -2.10. The fourth-order valence-electron chi connectivity index (χ4n) is 3.50. The number of carbonyl (C=O) groups is 1. The number of fused-ring (bicyclic) bond motifs is 3. The van der Waals surface area contributed by atoms with E-state index in [1.807, 2.05) is 10.6 Å². The second kappa shape index (κ2) is 5.71. The first-order valence-electron chi connectivity index (χ1n) is 7.79. The number of nitriles is 1. The molecular formula is C19H13FN4O. The van der Waals surface area contributed by atoms with Gasteiger partial charge in [-0.25, -0.2) is 4.98 Å². The molecule has 2 radical (unpaired) electrons. The number of rotatable bonds is 3. The maximum Gasteiger partial charge on any atom is 0.250 e. The lowest BCUT2D eigenvalue weighted by molar-refractivity contribution is 0.100. The Labute approximate surface area is 143 Å². The van der Waals surface area contributed by atoms with Crippen LogP contribution in [0.2, 0.25) is 0 Å². The third kappa shape index (κ3) is 2.36. The van der Waals surface area contributed by atoms with E-state index in [1.165, 1.54) is 6.07 Å². The molecule has 1 amide bonds. The number of hydrogen-bond acceptors (Lipinski definition) is 3. The first-order valence-corrected chi connectivity index (χ1v) is 7.79. The summed E-state index contributed by atoms with van der Waals surface area (Å²) in [5, 5.41) is 10.0. The number of halogens is 1. The van der Waals surface area contributed by atoms with Crippen LogP contribution in [-0.4, -0.2) is 15.5 Å². The Morgan fingerprint density at radius 1 is 1.36 bits per heavy atom. The minimum atomic E-state index is -0.627. The number of amides is 1. The molecule has 5 nitrogen and oxygen atoms in total. The molecular weight excluding hydrogens is 319 g/mol. The zero-order chi connectivity index (χ0) is 17.6. The molecule has 2 heterocycles. The number of hydrogen-bond donors (Lipinski definition) is 1. The number of pyridine rings is 1. The van der Waals surface area contributed by atoms with Crippen molar-refractivity contribution >= 4 is 16.8 Å². The summed E-state index contributed by atoms with van der Waals surface area (Å²) in [6, 6.07) is 10.1. The van der Waals surface area contributed by atoms with Gasteiger partial charge in [0.15, 0.2) is 0 Å². The predicted molar refractivity (Wildman–Crippen MR) is 89.1 cm³/mol. The van der Waals surface area contributed by atoms with Gasteiger partial charge < -0.3 is 10.3 Å². The molecule has 1 aromatic carbocycles. The van der Waals surface area contributed by atoms with Gasteiger partial charge in [-0.1, -0.05) is 6.07 Å². The Kier molecular flexibility index (Phi) is 3.50. The van der Waals surface area contributed by atoms with Crippen LogP contribution in [0.3, 0.4) is 0 Å². The molecule has 0 aliphatic heterocycles. The van der Waals surface area contributed by atoms with Crippen molar-refractivity contribution in [3.05, 3.63) is 70.8 Å². The molecule has 0 spiro atoms. The smallest absolute Gasteiger partial charge is 0.250 e. The maximum absolute atomic E-state index is 13.4. The van der Waals surface area contributed by atoms with Crippen molar-refractivity contribution in [2.24, 2.45) is 5.73 Å². The molecule has 25 heavy (non-hydrogen) atoms. The van der Waals surface area contributed by atoms with Crippen molar-refractivity contribution in [3.63, 3.8) is 0 Å². The summed E-state index contributed by atoms with van der Waals surface area (Å²) in [4.78, 5) is 15.9. The third-order valence-electron chi connectivity index (χ3n) is 4.50. The van der Waals surface area contributed by atoms with Crippen molar-refractivity contribution in [3.8, 4) is 6.07 Å². The van der Waals surface area contributed by atoms with E-state index < -0.39 is 11.9 Å². The van der Waals surface area contributed by atoms with E-state index in [9.17, 15) is 14.4 Å². The zero-order valence-electron chi connectivity index (χ0n) is 13.2. The van der Waals surface area contributed by atoms with Gasteiger partial charge in [0.25, 0.3) is 5.91 Å². The average Bonchev–Trinajstić information content (AvgIpc) is 3.16. The molecule has 0 atom stereocenters. The normalized spacial score (nSPS) is 13.0. The first kappa shape index (κ1) is 15.3. The van der Waals surface area contributed by atoms with Crippen molar-refractivity contribution in [1.29, 1.82) is 5.26 Å². The van der Waals surface area contributed by atoms with Crippen molar-refractivity contribution in [1.82, 2.24) is 9.55 Å². The summed E-state index contributed by atoms with van der Waals surface area (Å²) in [5.41, 5.74) is 9.38. The molecule has 1 aliphatic carbocycles. The van der Waals surface area contributed by atoms with E-state index in [1.54, 1.807) is 24.3 Å². The minimum Gasteiger partial charge on any atom is -0.366 e. The molecule has 4 rings (SSSR count). The average molecular weight is 332 g/mol. The Balaban J connectivity index is 1.99. The van der Waals surface area contributed by atoms with Gasteiger partial charge >= 0.3 is 0 Å². The van der Waals surface area contributed by atoms with E-state index in [-0.39, 0.29) is 11.1 Å². The highest BCUT2D eigenvalue weighted by Gasteiger charge is 2.27. The van der Waals surface area contributed by atoms with Gasteiger partial charge in [0.2, 0.25) is 5.95 Å². The van der Waals surface area contributed by atoms with E-state index in [4.69, 9.17) is 5.73 Å². The second-order valence-electron chi connectivity index (χ2n) is 5.92. The lowest BCUT2D eigenvalue weighted by atomic mass is 9.99. The zero-order valence-corrected chi connectivity index (χ0v) is 13.2. The molecule has 0 saturated heterocycles. The van der Waals surface area contributed by atoms with Crippen molar-refractivity contribution < 1.29 is 9.18 Å². The summed E-state index contributed by atoms with van der Waals surface area (Å²) in [6.07, 6.45) is 4.46. The predicted octanol–water partition coefficient (Wildman–Crippen LogP) is 2.37. The molecule has 0 unspecified atom stereocenters. The minimum absolute atomic E-state index is 0.242. The van der Waals surface area contributed by atoms with Crippen LogP contribution in [0.15, 0.2) is 30.3 Å². The fraction of sp³-hybridized carbons (Fsp3) is 0.158. The molecule has 0 saturated carbocycles. The third-order valence-corrected chi connectivity index (χ3v) is 4.50. The molecule has 2 N–H and O–H groups in total. The number of aromatic nitrogens is 2. The van der Waals surface area contributed by atoms with Gasteiger partial charge in [0.1, 0.15) is 0 Å². The largest absolute Gasteiger partial charge is 0.366 e. The molecule has 3 aromatic rings. The highest BCUT2D eigenvalue weighted by Crippen LogP contribution is 2.36. The van der Waals surface area contributed by atoms with Crippen LogP contribution in [0.4, 0.5) is 4.39 Å². The van der Waals surface area contributed by atoms with Crippen LogP contribution in [0.25, 0.3) is 10.9 Å². The standard InChI is InChI=1S/C19H13FN4O/c20-16-6-1-3-12(23-16)10-24-14-5-2-4-13(14)18-15(24)8-7-11(9-21)17(18)19(22)25/h1,3,6-8H,4-5,10H2,(H2,22,25).